The first-order chi connectivity index (χ1) is 9.70. The molecule has 1 heterocycles. The van der Waals surface area contributed by atoms with Crippen LogP contribution in [0.1, 0.15) is 52.0 Å². The van der Waals surface area contributed by atoms with E-state index in [9.17, 15) is 0 Å². The molecule has 2 rings (SSSR count). The predicted octanol–water partition coefficient (Wildman–Crippen LogP) is 3.60. The van der Waals surface area contributed by atoms with Crippen molar-refractivity contribution >= 4 is 5.82 Å². The Morgan fingerprint density at radius 2 is 2.15 bits per heavy atom. The third-order valence-electron chi connectivity index (χ3n) is 3.79. The zero-order valence-corrected chi connectivity index (χ0v) is 13.2. The van der Waals surface area contributed by atoms with Gasteiger partial charge in [0, 0.05) is 25.3 Å². The lowest BCUT2D eigenvalue weighted by Crippen LogP contribution is -2.28. The molecule has 0 spiro atoms. The molecule has 0 atom stereocenters. The summed E-state index contributed by atoms with van der Waals surface area (Å²) in [5, 5.41) is 3.42. The van der Waals surface area contributed by atoms with Gasteiger partial charge in [-0.25, -0.2) is 4.98 Å². The van der Waals surface area contributed by atoms with Crippen LogP contribution in [0.2, 0.25) is 0 Å². The highest BCUT2D eigenvalue weighted by Crippen LogP contribution is 2.31. The molecular weight excluding hydrogens is 246 g/mol. The van der Waals surface area contributed by atoms with Crippen LogP contribution in [0.15, 0.2) is 18.3 Å². The standard InChI is InChI=1S/C17H29N3/c1-4-10-18-12-15-5-8-17(19-13-15)20(16-6-7-16)11-9-14(2)3/h5,8,13-14,16,18H,4,6-7,9-12H2,1-3H3. The number of hydrogen-bond donors (Lipinski definition) is 1. The molecule has 0 saturated heterocycles. The van der Waals surface area contributed by atoms with Gasteiger partial charge in [0.15, 0.2) is 0 Å². The Morgan fingerprint density at radius 3 is 2.70 bits per heavy atom. The van der Waals surface area contributed by atoms with Crippen LogP contribution in [-0.2, 0) is 6.54 Å². The van der Waals surface area contributed by atoms with E-state index in [0.717, 1.165) is 37.4 Å². The molecule has 112 valence electrons. The van der Waals surface area contributed by atoms with Gasteiger partial charge < -0.3 is 10.2 Å². The highest BCUT2D eigenvalue weighted by molar-refractivity contribution is 5.42. The Hall–Kier alpha value is -1.09. The maximum atomic E-state index is 4.68. The fraction of sp³-hybridized carbons (Fsp3) is 0.706. The monoisotopic (exact) mass is 275 g/mol. The average molecular weight is 275 g/mol. The minimum absolute atomic E-state index is 0.741. The number of aromatic nitrogens is 1. The van der Waals surface area contributed by atoms with Crippen LogP contribution in [0.5, 0.6) is 0 Å². The molecule has 1 aliphatic rings. The van der Waals surface area contributed by atoms with Gasteiger partial charge in [0.25, 0.3) is 0 Å². The van der Waals surface area contributed by atoms with E-state index in [1.165, 1.54) is 31.2 Å². The van der Waals surface area contributed by atoms with Gasteiger partial charge in [0.2, 0.25) is 0 Å². The van der Waals surface area contributed by atoms with Crippen molar-refractivity contribution in [3.05, 3.63) is 23.9 Å². The van der Waals surface area contributed by atoms with Gasteiger partial charge in [-0.15, -0.1) is 0 Å². The molecule has 1 aromatic rings. The lowest BCUT2D eigenvalue weighted by Gasteiger charge is -2.24. The van der Waals surface area contributed by atoms with Crippen molar-refractivity contribution in [2.75, 3.05) is 18.0 Å². The third kappa shape index (κ3) is 4.78. The van der Waals surface area contributed by atoms with E-state index in [1.54, 1.807) is 0 Å². The summed E-state index contributed by atoms with van der Waals surface area (Å²) >= 11 is 0. The molecule has 0 radical (unpaired) electrons. The van der Waals surface area contributed by atoms with Crippen LogP contribution in [0.25, 0.3) is 0 Å². The molecule has 20 heavy (non-hydrogen) atoms. The van der Waals surface area contributed by atoms with E-state index in [2.05, 4.69) is 48.1 Å². The minimum atomic E-state index is 0.741. The van der Waals surface area contributed by atoms with Gasteiger partial charge in [0.05, 0.1) is 0 Å². The molecular formula is C17H29N3. The van der Waals surface area contributed by atoms with E-state index in [-0.39, 0.29) is 0 Å². The van der Waals surface area contributed by atoms with Crippen molar-refractivity contribution in [1.82, 2.24) is 10.3 Å². The lowest BCUT2D eigenvalue weighted by atomic mass is 10.1. The second-order valence-corrected chi connectivity index (χ2v) is 6.31. The van der Waals surface area contributed by atoms with Crippen LogP contribution < -0.4 is 10.2 Å². The maximum Gasteiger partial charge on any atom is 0.128 e. The smallest absolute Gasteiger partial charge is 0.128 e. The molecule has 1 N–H and O–H groups in total. The Bertz CT molecular complexity index is 382. The van der Waals surface area contributed by atoms with Gasteiger partial charge in [-0.05, 0) is 49.8 Å². The Balaban J connectivity index is 1.91. The van der Waals surface area contributed by atoms with E-state index < -0.39 is 0 Å². The molecule has 3 heteroatoms. The number of hydrogen-bond acceptors (Lipinski definition) is 3. The minimum Gasteiger partial charge on any atom is -0.354 e. The number of rotatable bonds is 9. The molecule has 1 aromatic heterocycles. The summed E-state index contributed by atoms with van der Waals surface area (Å²) in [6.07, 6.45) is 7.12. The molecule has 1 saturated carbocycles. The van der Waals surface area contributed by atoms with Gasteiger partial charge in [0.1, 0.15) is 5.82 Å². The maximum absolute atomic E-state index is 4.68. The van der Waals surface area contributed by atoms with E-state index >= 15 is 0 Å². The van der Waals surface area contributed by atoms with Crippen LogP contribution in [0, 0.1) is 5.92 Å². The first kappa shape index (κ1) is 15.3. The van der Waals surface area contributed by atoms with Crippen molar-refractivity contribution in [2.45, 2.75) is 59.0 Å². The topological polar surface area (TPSA) is 28.2 Å². The summed E-state index contributed by atoms with van der Waals surface area (Å²) in [6.45, 7) is 9.92. The summed E-state index contributed by atoms with van der Waals surface area (Å²) in [5.41, 5.74) is 1.28. The summed E-state index contributed by atoms with van der Waals surface area (Å²) in [5.74, 6) is 1.92. The van der Waals surface area contributed by atoms with Crippen LogP contribution >= 0.6 is 0 Å². The van der Waals surface area contributed by atoms with E-state index in [4.69, 9.17) is 0 Å². The summed E-state index contributed by atoms with van der Waals surface area (Å²) < 4.78 is 0. The highest BCUT2D eigenvalue weighted by atomic mass is 15.2. The molecule has 1 aliphatic carbocycles. The molecule has 0 unspecified atom stereocenters. The number of nitrogens with one attached hydrogen (secondary N) is 1. The van der Waals surface area contributed by atoms with Gasteiger partial charge in [-0.1, -0.05) is 26.8 Å². The van der Waals surface area contributed by atoms with E-state index in [1.807, 2.05) is 6.20 Å². The zero-order valence-electron chi connectivity index (χ0n) is 13.2. The second-order valence-electron chi connectivity index (χ2n) is 6.31. The van der Waals surface area contributed by atoms with Gasteiger partial charge in [-0.2, -0.15) is 0 Å². The Labute approximate surface area is 123 Å². The first-order valence-corrected chi connectivity index (χ1v) is 8.13. The predicted molar refractivity (Wildman–Crippen MR) is 86.1 cm³/mol. The van der Waals surface area contributed by atoms with Crippen LogP contribution in [0.3, 0.4) is 0 Å². The van der Waals surface area contributed by atoms with Gasteiger partial charge >= 0.3 is 0 Å². The molecule has 1 fully saturated rings. The zero-order chi connectivity index (χ0) is 14.4. The van der Waals surface area contributed by atoms with Crippen LogP contribution in [0.4, 0.5) is 5.82 Å². The second kappa shape index (κ2) is 7.63. The van der Waals surface area contributed by atoms with Crippen molar-refractivity contribution in [2.24, 2.45) is 5.92 Å². The number of anilines is 1. The summed E-state index contributed by atoms with van der Waals surface area (Å²) in [6, 6.07) is 5.16. The lowest BCUT2D eigenvalue weighted by molar-refractivity contribution is 0.568. The fourth-order valence-corrected chi connectivity index (χ4v) is 2.37. The Kier molecular flexibility index (Phi) is 5.84. The highest BCUT2D eigenvalue weighted by Gasteiger charge is 2.29. The van der Waals surface area contributed by atoms with Crippen molar-refractivity contribution in [1.29, 1.82) is 0 Å². The normalized spacial score (nSPS) is 14.8. The molecule has 3 nitrogen and oxygen atoms in total. The van der Waals surface area contributed by atoms with E-state index in [0.29, 0.717) is 0 Å². The molecule has 0 aliphatic heterocycles. The molecule has 0 bridgehead atoms. The van der Waals surface area contributed by atoms with Gasteiger partial charge in [-0.3, -0.25) is 0 Å². The largest absolute Gasteiger partial charge is 0.354 e. The first-order valence-electron chi connectivity index (χ1n) is 8.13. The van der Waals surface area contributed by atoms with Crippen LogP contribution in [-0.4, -0.2) is 24.1 Å². The van der Waals surface area contributed by atoms with Crippen molar-refractivity contribution in [3.8, 4) is 0 Å². The third-order valence-corrected chi connectivity index (χ3v) is 3.79. The Morgan fingerprint density at radius 1 is 1.35 bits per heavy atom. The molecule has 0 amide bonds. The fourth-order valence-electron chi connectivity index (χ4n) is 2.37. The number of pyridine rings is 1. The average Bonchev–Trinajstić information content (AvgIpc) is 3.25. The van der Waals surface area contributed by atoms with Crippen molar-refractivity contribution < 1.29 is 0 Å². The van der Waals surface area contributed by atoms with Crippen molar-refractivity contribution in [3.63, 3.8) is 0 Å². The quantitative estimate of drug-likeness (QED) is 0.698. The SMILES string of the molecule is CCCNCc1ccc(N(CCC(C)C)C2CC2)nc1. The summed E-state index contributed by atoms with van der Waals surface area (Å²) in [4.78, 5) is 7.19. The molecule has 0 aromatic carbocycles. The summed E-state index contributed by atoms with van der Waals surface area (Å²) in [7, 11) is 0. The number of nitrogens with zero attached hydrogens (tertiary/aromatic N) is 2.